The van der Waals surface area contributed by atoms with E-state index in [0.29, 0.717) is 19.7 Å². The fraction of sp³-hybridized carbons (Fsp3) is 0.211. The van der Waals surface area contributed by atoms with Crippen molar-refractivity contribution >= 4 is 6.29 Å². The molecule has 0 saturated carbocycles. The summed E-state index contributed by atoms with van der Waals surface area (Å²) in [5, 5.41) is 12.0. The lowest BCUT2D eigenvalue weighted by Crippen LogP contribution is -2.15. The van der Waals surface area contributed by atoms with E-state index in [1.54, 1.807) is 4.80 Å². The molecule has 0 aliphatic carbocycles. The van der Waals surface area contributed by atoms with Crippen LogP contribution in [-0.4, -0.2) is 27.8 Å². The molecule has 0 aliphatic rings. The van der Waals surface area contributed by atoms with Gasteiger partial charge in [-0.25, -0.2) is 0 Å². The predicted octanol–water partition coefficient (Wildman–Crippen LogP) is 2.44. The monoisotopic (exact) mass is 336 g/mol. The molecule has 1 heterocycles. The minimum atomic E-state index is 0.340. The number of nitrogens with zero attached hydrogens (tertiary/aromatic N) is 3. The first-order valence-electron chi connectivity index (χ1n) is 8.10. The molecule has 0 aliphatic heterocycles. The zero-order valence-corrected chi connectivity index (χ0v) is 14.1. The number of carbonyl (C=O) groups excluding carboxylic acids is 1. The van der Waals surface area contributed by atoms with Gasteiger partial charge in [-0.15, -0.1) is 5.10 Å². The predicted molar refractivity (Wildman–Crippen MR) is 94.6 cm³/mol. The van der Waals surface area contributed by atoms with Crippen molar-refractivity contribution in [1.82, 2.24) is 20.3 Å². The fourth-order valence-electron chi connectivity index (χ4n) is 2.39. The molecule has 2 aromatic carbocycles. The molecule has 6 heteroatoms. The van der Waals surface area contributed by atoms with E-state index in [9.17, 15) is 4.79 Å². The van der Waals surface area contributed by atoms with Crippen molar-refractivity contribution in [2.75, 3.05) is 6.54 Å². The maximum atomic E-state index is 10.4. The van der Waals surface area contributed by atoms with Crippen LogP contribution >= 0.6 is 0 Å². The maximum Gasteiger partial charge on any atom is 0.134 e. The van der Waals surface area contributed by atoms with Crippen LogP contribution in [0.1, 0.15) is 17.0 Å². The Morgan fingerprint density at radius 3 is 2.76 bits per heavy atom. The van der Waals surface area contributed by atoms with E-state index < -0.39 is 0 Å². The molecule has 0 amide bonds. The highest BCUT2D eigenvalue weighted by Gasteiger charge is 2.09. The highest BCUT2D eigenvalue weighted by molar-refractivity contribution is 5.51. The maximum absolute atomic E-state index is 10.4. The lowest BCUT2D eigenvalue weighted by atomic mass is 10.2. The Hall–Kier alpha value is -2.99. The van der Waals surface area contributed by atoms with E-state index in [4.69, 9.17) is 4.74 Å². The molecular weight excluding hydrogens is 316 g/mol. The first-order chi connectivity index (χ1) is 12.3. The summed E-state index contributed by atoms with van der Waals surface area (Å²) >= 11 is 0. The number of rotatable bonds is 8. The molecule has 128 valence electrons. The van der Waals surface area contributed by atoms with Crippen molar-refractivity contribution in [2.45, 2.75) is 20.1 Å². The van der Waals surface area contributed by atoms with Crippen LogP contribution in [0.25, 0.3) is 5.69 Å². The number of carbonyl (C=O) groups is 1. The average molecular weight is 336 g/mol. The van der Waals surface area contributed by atoms with E-state index >= 15 is 0 Å². The Labute approximate surface area is 146 Å². The van der Waals surface area contributed by atoms with Gasteiger partial charge in [-0.3, -0.25) is 0 Å². The Balaban J connectivity index is 1.65. The first kappa shape index (κ1) is 16.9. The molecule has 0 saturated heterocycles. The Bertz CT molecular complexity index is 830. The van der Waals surface area contributed by atoms with Crippen molar-refractivity contribution in [2.24, 2.45) is 0 Å². The first-order valence-corrected chi connectivity index (χ1v) is 8.10. The SMILES string of the molecule is Cc1nn(-c2ccccc2)nc1COc1cccc(CNCC=O)c1. The summed E-state index contributed by atoms with van der Waals surface area (Å²) in [5.74, 6) is 0.763. The molecule has 3 aromatic rings. The van der Waals surface area contributed by atoms with Crippen molar-refractivity contribution in [3.05, 3.63) is 71.5 Å². The molecule has 3 rings (SSSR count). The van der Waals surface area contributed by atoms with Crippen molar-refractivity contribution < 1.29 is 9.53 Å². The third kappa shape index (κ3) is 4.51. The number of hydrogen-bond donors (Lipinski definition) is 1. The topological polar surface area (TPSA) is 69.0 Å². The zero-order valence-electron chi connectivity index (χ0n) is 14.1. The summed E-state index contributed by atoms with van der Waals surface area (Å²) in [6, 6.07) is 17.6. The summed E-state index contributed by atoms with van der Waals surface area (Å²) in [7, 11) is 0. The summed E-state index contributed by atoms with van der Waals surface area (Å²) < 4.78 is 5.86. The van der Waals surface area contributed by atoms with Crippen LogP contribution < -0.4 is 10.1 Å². The number of aryl methyl sites for hydroxylation is 1. The van der Waals surface area contributed by atoms with Gasteiger partial charge in [-0.05, 0) is 36.8 Å². The minimum absolute atomic E-state index is 0.340. The largest absolute Gasteiger partial charge is 0.487 e. The second kappa shape index (κ2) is 8.21. The van der Waals surface area contributed by atoms with Crippen LogP contribution in [0.3, 0.4) is 0 Å². The standard InChI is InChI=1S/C19H20N4O2/c1-15-19(22-23(21-15)17-7-3-2-4-8-17)14-25-18-9-5-6-16(12-18)13-20-10-11-24/h2-9,11-12,20H,10,13-14H2,1H3. The van der Waals surface area contributed by atoms with Gasteiger partial charge < -0.3 is 14.8 Å². The number of hydrogen-bond acceptors (Lipinski definition) is 5. The quantitative estimate of drug-likeness (QED) is 0.505. The van der Waals surface area contributed by atoms with Crippen LogP contribution in [0.2, 0.25) is 0 Å². The molecule has 0 unspecified atom stereocenters. The van der Waals surface area contributed by atoms with E-state index in [1.165, 1.54) is 0 Å². The molecule has 6 nitrogen and oxygen atoms in total. The van der Waals surface area contributed by atoms with Gasteiger partial charge in [0.1, 0.15) is 24.3 Å². The average Bonchev–Trinajstić information content (AvgIpc) is 3.02. The Kier molecular flexibility index (Phi) is 5.53. The van der Waals surface area contributed by atoms with Gasteiger partial charge in [-0.1, -0.05) is 30.3 Å². The molecule has 25 heavy (non-hydrogen) atoms. The van der Waals surface area contributed by atoms with Crippen LogP contribution in [0.15, 0.2) is 54.6 Å². The third-order valence-electron chi connectivity index (χ3n) is 3.70. The van der Waals surface area contributed by atoms with Crippen LogP contribution in [0.4, 0.5) is 0 Å². The fourth-order valence-corrected chi connectivity index (χ4v) is 2.39. The summed E-state index contributed by atoms with van der Waals surface area (Å²) in [4.78, 5) is 12.0. The number of aldehydes is 1. The Morgan fingerprint density at radius 1 is 1.12 bits per heavy atom. The summed E-state index contributed by atoms with van der Waals surface area (Å²) in [5.41, 5.74) is 3.62. The van der Waals surface area contributed by atoms with Gasteiger partial charge in [-0.2, -0.15) is 9.90 Å². The molecule has 0 spiro atoms. The van der Waals surface area contributed by atoms with E-state index in [0.717, 1.165) is 34.7 Å². The second-order valence-corrected chi connectivity index (χ2v) is 5.59. The molecule has 0 fully saturated rings. The van der Waals surface area contributed by atoms with Crippen molar-refractivity contribution in [3.63, 3.8) is 0 Å². The summed E-state index contributed by atoms with van der Waals surface area (Å²) in [6.45, 7) is 3.24. The van der Waals surface area contributed by atoms with E-state index in [1.807, 2.05) is 61.5 Å². The van der Waals surface area contributed by atoms with Crippen molar-refractivity contribution in [3.8, 4) is 11.4 Å². The van der Waals surface area contributed by atoms with Gasteiger partial charge in [0.25, 0.3) is 0 Å². The lowest BCUT2D eigenvalue weighted by molar-refractivity contribution is -0.107. The lowest BCUT2D eigenvalue weighted by Gasteiger charge is -2.07. The molecule has 1 aromatic heterocycles. The Morgan fingerprint density at radius 2 is 1.96 bits per heavy atom. The second-order valence-electron chi connectivity index (χ2n) is 5.59. The van der Waals surface area contributed by atoms with Crippen molar-refractivity contribution in [1.29, 1.82) is 0 Å². The summed E-state index contributed by atoms with van der Waals surface area (Å²) in [6.07, 6.45) is 0.846. The molecule has 0 radical (unpaired) electrons. The zero-order chi connectivity index (χ0) is 17.5. The van der Waals surface area contributed by atoms with E-state index in [2.05, 4.69) is 15.5 Å². The van der Waals surface area contributed by atoms with Gasteiger partial charge in [0.15, 0.2) is 0 Å². The van der Waals surface area contributed by atoms with Gasteiger partial charge >= 0.3 is 0 Å². The molecule has 1 N–H and O–H groups in total. The third-order valence-corrected chi connectivity index (χ3v) is 3.70. The van der Waals surface area contributed by atoms with E-state index in [-0.39, 0.29) is 0 Å². The number of para-hydroxylation sites is 1. The smallest absolute Gasteiger partial charge is 0.134 e. The number of nitrogens with one attached hydrogen (secondary N) is 1. The highest BCUT2D eigenvalue weighted by Crippen LogP contribution is 2.16. The molecule has 0 atom stereocenters. The van der Waals surface area contributed by atoms with Gasteiger partial charge in [0.05, 0.1) is 17.9 Å². The number of ether oxygens (including phenoxy) is 1. The number of benzene rings is 2. The van der Waals surface area contributed by atoms with Gasteiger partial charge in [0, 0.05) is 6.54 Å². The van der Waals surface area contributed by atoms with Gasteiger partial charge in [0.2, 0.25) is 0 Å². The van der Waals surface area contributed by atoms with Crippen LogP contribution in [0.5, 0.6) is 5.75 Å². The highest BCUT2D eigenvalue weighted by atomic mass is 16.5. The van der Waals surface area contributed by atoms with Crippen LogP contribution in [0, 0.1) is 6.92 Å². The number of aromatic nitrogens is 3. The molecular formula is C19H20N4O2. The minimum Gasteiger partial charge on any atom is -0.487 e. The van der Waals surface area contributed by atoms with Crippen LogP contribution in [-0.2, 0) is 17.9 Å². The molecule has 0 bridgehead atoms. The normalized spacial score (nSPS) is 10.6.